The maximum absolute atomic E-state index is 10.2. The lowest BCUT2D eigenvalue weighted by Crippen LogP contribution is -1.91. The van der Waals surface area contributed by atoms with E-state index in [-0.39, 0.29) is 0 Å². The van der Waals surface area contributed by atoms with Gasteiger partial charge in [0.2, 0.25) is 0 Å². The van der Waals surface area contributed by atoms with E-state index < -0.39 is 0 Å². The van der Waals surface area contributed by atoms with Gasteiger partial charge in [-0.3, -0.25) is 0 Å². The van der Waals surface area contributed by atoms with Gasteiger partial charge in [0.05, 0.1) is 0 Å². The van der Waals surface area contributed by atoms with E-state index in [1.165, 1.54) is 32.1 Å². The third kappa shape index (κ3) is 7.57. The molecule has 1 heteroatoms. The number of carbonyl (C=O) groups is 1. The van der Waals surface area contributed by atoms with Crippen LogP contribution in [0.5, 0.6) is 0 Å². The standard InChI is InChI=1S/C10H19O/c1-3-4-5-6-7-8-10(2)9-11/h9H,3-8H2,1-2H3. The van der Waals surface area contributed by atoms with Gasteiger partial charge in [-0.05, 0) is 6.42 Å². The van der Waals surface area contributed by atoms with E-state index in [0.29, 0.717) is 0 Å². The van der Waals surface area contributed by atoms with Crippen LogP contribution in [0.4, 0.5) is 0 Å². The van der Waals surface area contributed by atoms with Crippen LogP contribution >= 0.6 is 0 Å². The molecule has 0 aromatic carbocycles. The quantitative estimate of drug-likeness (QED) is 0.408. The molecule has 65 valence electrons. The molecule has 11 heavy (non-hydrogen) atoms. The molecule has 1 radical (unpaired) electrons. The SMILES string of the molecule is CCCCCCC[C](C)C=O. The molecule has 0 spiro atoms. The van der Waals surface area contributed by atoms with Gasteiger partial charge in [0.25, 0.3) is 0 Å². The van der Waals surface area contributed by atoms with Gasteiger partial charge < -0.3 is 4.79 Å². The van der Waals surface area contributed by atoms with Crippen molar-refractivity contribution in [2.45, 2.75) is 52.4 Å². The minimum absolute atomic E-state index is 0.972. The van der Waals surface area contributed by atoms with Crippen molar-refractivity contribution >= 4 is 6.29 Å². The first-order valence-electron chi connectivity index (χ1n) is 4.59. The molecule has 0 N–H and O–H groups in total. The molecule has 0 saturated heterocycles. The molecular formula is C10H19O. The summed E-state index contributed by atoms with van der Waals surface area (Å²) < 4.78 is 0. The van der Waals surface area contributed by atoms with Crippen LogP contribution in [0, 0.1) is 5.92 Å². The van der Waals surface area contributed by atoms with E-state index in [0.717, 1.165) is 18.6 Å². The number of unbranched alkanes of at least 4 members (excludes halogenated alkanes) is 4. The Kier molecular flexibility index (Phi) is 7.54. The van der Waals surface area contributed by atoms with Crippen LogP contribution < -0.4 is 0 Å². The summed E-state index contributed by atoms with van der Waals surface area (Å²) in [5, 5.41) is 0. The predicted octanol–water partition coefficient (Wildman–Crippen LogP) is 3.14. The van der Waals surface area contributed by atoms with Gasteiger partial charge in [-0.25, -0.2) is 0 Å². The first kappa shape index (κ1) is 10.7. The summed E-state index contributed by atoms with van der Waals surface area (Å²) in [7, 11) is 0. The molecule has 0 bridgehead atoms. The molecule has 0 amide bonds. The maximum Gasteiger partial charge on any atom is 0.126 e. The smallest absolute Gasteiger partial charge is 0.126 e. The molecule has 0 aliphatic rings. The maximum atomic E-state index is 10.2. The monoisotopic (exact) mass is 155 g/mol. The number of aldehydes is 1. The Hall–Kier alpha value is -0.330. The third-order valence-corrected chi connectivity index (χ3v) is 1.88. The van der Waals surface area contributed by atoms with Gasteiger partial charge in [0.1, 0.15) is 6.29 Å². The van der Waals surface area contributed by atoms with Gasteiger partial charge in [-0.1, -0.05) is 46.0 Å². The van der Waals surface area contributed by atoms with E-state index in [1.807, 2.05) is 6.92 Å². The second-order valence-electron chi connectivity index (χ2n) is 3.13. The van der Waals surface area contributed by atoms with E-state index >= 15 is 0 Å². The summed E-state index contributed by atoms with van der Waals surface area (Å²) >= 11 is 0. The zero-order valence-electron chi connectivity index (χ0n) is 7.73. The third-order valence-electron chi connectivity index (χ3n) is 1.88. The van der Waals surface area contributed by atoms with E-state index in [1.54, 1.807) is 0 Å². The number of rotatable bonds is 7. The number of hydrogen-bond donors (Lipinski definition) is 0. The highest BCUT2D eigenvalue weighted by Crippen LogP contribution is 2.10. The molecule has 0 saturated carbocycles. The van der Waals surface area contributed by atoms with E-state index in [4.69, 9.17) is 0 Å². The molecule has 0 fully saturated rings. The molecule has 0 aromatic heterocycles. The Labute approximate surface area is 70.2 Å². The molecule has 0 aliphatic heterocycles. The summed E-state index contributed by atoms with van der Waals surface area (Å²) in [6, 6.07) is 0. The normalized spacial score (nSPS) is 10.5. The zero-order chi connectivity index (χ0) is 8.53. The molecule has 0 atom stereocenters. The minimum atomic E-state index is 0.972. The van der Waals surface area contributed by atoms with Crippen LogP contribution in [0.3, 0.4) is 0 Å². The van der Waals surface area contributed by atoms with E-state index in [2.05, 4.69) is 6.92 Å². The zero-order valence-corrected chi connectivity index (χ0v) is 7.73. The molecule has 0 rings (SSSR count). The molecule has 0 aliphatic carbocycles. The Morgan fingerprint density at radius 2 is 1.82 bits per heavy atom. The second-order valence-corrected chi connectivity index (χ2v) is 3.13. The summed E-state index contributed by atoms with van der Waals surface area (Å²) in [6.45, 7) is 4.12. The Morgan fingerprint density at radius 3 is 2.36 bits per heavy atom. The Balaban J connectivity index is 2.95. The van der Waals surface area contributed by atoms with Crippen LogP contribution in [-0.4, -0.2) is 6.29 Å². The summed E-state index contributed by atoms with van der Waals surface area (Å²) in [5.74, 6) is 0.987. The second kappa shape index (κ2) is 7.77. The van der Waals surface area contributed by atoms with Crippen molar-refractivity contribution in [3.05, 3.63) is 5.92 Å². The highest BCUT2D eigenvalue weighted by molar-refractivity contribution is 5.67. The molecule has 0 unspecified atom stereocenters. The largest absolute Gasteiger partial charge is 0.303 e. The van der Waals surface area contributed by atoms with E-state index in [9.17, 15) is 4.79 Å². The van der Waals surface area contributed by atoms with Crippen molar-refractivity contribution in [2.75, 3.05) is 0 Å². The lowest BCUT2D eigenvalue weighted by atomic mass is 10.0. The average Bonchev–Trinajstić information content (AvgIpc) is 2.04. The van der Waals surface area contributed by atoms with Crippen molar-refractivity contribution in [3.63, 3.8) is 0 Å². The highest BCUT2D eigenvalue weighted by atomic mass is 16.1. The van der Waals surface area contributed by atoms with Crippen molar-refractivity contribution in [1.82, 2.24) is 0 Å². The number of carbonyl (C=O) groups excluding carboxylic acids is 1. The van der Waals surface area contributed by atoms with Crippen molar-refractivity contribution < 1.29 is 4.79 Å². The number of hydrogen-bond acceptors (Lipinski definition) is 1. The van der Waals surface area contributed by atoms with Gasteiger partial charge in [0, 0.05) is 5.92 Å². The van der Waals surface area contributed by atoms with Gasteiger partial charge in [-0.2, -0.15) is 0 Å². The fourth-order valence-corrected chi connectivity index (χ4v) is 1.07. The van der Waals surface area contributed by atoms with Gasteiger partial charge >= 0.3 is 0 Å². The van der Waals surface area contributed by atoms with Crippen LogP contribution in [0.1, 0.15) is 52.4 Å². The highest BCUT2D eigenvalue weighted by Gasteiger charge is 1.98. The van der Waals surface area contributed by atoms with Crippen LogP contribution in [-0.2, 0) is 4.79 Å². The first-order chi connectivity index (χ1) is 5.31. The lowest BCUT2D eigenvalue weighted by Gasteiger charge is -2.01. The van der Waals surface area contributed by atoms with Crippen LogP contribution in [0.2, 0.25) is 0 Å². The van der Waals surface area contributed by atoms with Crippen LogP contribution in [0.25, 0.3) is 0 Å². The Bertz CT molecular complexity index is 88.9. The topological polar surface area (TPSA) is 17.1 Å². The predicted molar refractivity (Wildman–Crippen MR) is 48.4 cm³/mol. The van der Waals surface area contributed by atoms with Crippen molar-refractivity contribution in [3.8, 4) is 0 Å². The van der Waals surface area contributed by atoms with Gasteiger partial charge in [0.15, 0.2) is 0 Å². The summed E-state index contributed by atoms with van der Waals surface area (Å²) in [6.07, 6.45) is 8.37. The van der Waals surface area contributed by atoms with Crippen LogP contribution in [0.15, 0.2) is 0 Å². The molecule has 0 heterocycles. The fourth-order valence-electron chi connectivity index (χ4n) is 1.07. The molecule has 1 nitrogen and oxygen atoms in total. The Morgan fingerprint density at radius 1 is 1.18 bits per heavy atom. The fraction of sp³-hybridized carbons (Fsp3) is 0.800. The first-order valence-corrected chi connectivity index (χ1v) is 4.59. The molecular weight excluding hydrogens is 136 g/mol. The average molecular weight is 155 g/mol. The van der Waals surface area contributed by atoms with Crippen molar-refractivity contribution in [2.24, 2.45) is 0 Å². The summed E-state index contributed by atoms with van der Waals surface area (Å²) in [4.78, 5) is 10.2. The summed E-state index contributed by atoms with van der Waals surface area (Å²) in [5.41, 5.74) is 0. The lowest BCUT2D eigenvalue weighted by molar-refractivity contribution is -0.106. The minimum Gasteiger partial charge on any atom is -0.303 e. The molecule has 0 aromatic rings. The van der Waals surface area contributed by atoms with Crippen molar-refractivity contribution in [1.29, 1.82) is 0 Å². The van der Waals surface area contributed by atoms with Gasteiger partial charge in [-0.15, -0.1) is 0 Å².